The topological polar surface area (TPSA) is 40.2 Å². The number of alkyl halides is 3. The molecule has 0 spiro atoms. The second-order valence-corrected chi connectivity index (χ2v) is 4.48. The maximum atomic E-state index is 12.8. The number of anilines is 2. The van der Waals surface area contributed by atoms with E-state index in [1.807, 2.05) is 20.9 Å². The van der Waals surface area contributed by atoms with Crippen molar-refractivity contribution in [3.63, 3.8) is 0 Å². The average molecular weight is 290 g/mol. The molecule has 0 atom stereocenters. The van der Waals surface area contributed by atoms with E-state index in [-0.39, 0.29) is 11.6 Å². The van der Waals surface area contributed by atoms with Crippen LogP contribution in [0.5, 0.6) is 0 Å². The minimum absolute atomic E-state index is 0.230. The van der Waals surface area contributed by atoms with Crippen LogP contribution in [0.2, 0.25) is 0 Å². The lowest BCUT2D eigenvalue weighted by Crippen LogP contribution is -2.25. The highest BCUT2D eigenvalue weighted by atomic mass is 19.4. The lowest BCUT2D eigenvalue weighted by molar-refractivity contribution is -0.137. The van der Waals surface area contributed by atoms with Gasteiger partial charge in [-0.05, 0) is 32.6 Å². The van der Waals surface area contributed by atoms with E-state index in [0.717, 1.165) is 25.2 Å². The maximum Gasteiger partial charge on any atom is 0.416 e. The number of nitrogens with zero attached hydrogens (tertiary/aromatic N) is 2. The van der Waals surface area contributed by atoms with Gasteiger partial charge in [0.25, 0.3) is 0 Å². The van der Waals surface area contributed by atoms with Crippen molar-refractivity contribution >= 4 is 11.6 Å². The Hall–Kier alpha value is -1.50. The zero-order valence-corrected chi connectivity index (χ0v) is 12.0. The highest BCUT2D eigenvalue weighted by Crippen LogP contribution is 2.31. The largest absolute Gasteiger partial charge is 0.416 e. The molecule has 0 aliphatic heterocycles. The summed E-state index contributed by atoms with van der Waals surface area (Å²) in [6.07, 6.45) is -4.37. The third-order valence-electron chi connectivity index (χ3n) is 2.85. The smallest absolute Gasteiger partial charge is 0.370 e. The molecule has 7 heteroatoms. The third-order valence-corrected chi connectivity index (χ3v) is 2.85. The Balaban J connectivity index is 2.81. The van der Waals surface area contributed by atoms with Gasteiger partial charge in [0.2, 0.25) is 0 Å². The molecule has 0 saturated heterocycles. The van der Waals surface area contributed by atoms with Gasteiger partial charge >= 0.3 is 6.18 Å². The lowest BCUT2D eigenvalue weighted by atomic mass is 10.2. The zero-order chi connectivity index (χ0) is 15.2. The molecule has 1 aromatic rings. The van der Waals surface area contributed by atoms with Gasteiger partial charge in [0, 0.05) is 19.6 Å². The predicted molar refractivity (Wildman–Crippen MR) is 75.1 cm³/mol. The Morgan fingerprint density at radius 3 is 2.25 bits per heavy atom. The molecule has 0 aromatic carbocycles. The quantitative estimate of drug-likeness (QED) is 0.810. The molecule has 0 saturated carbocycles. The molecule has 1 aromatic heterocycles. The maximum absolute atomic E-state index is 12.8. The summed E-state index contributed by atoms with van der Waals surface area (Å²) in [6.45, 7) is 6.53. The monoisotopic (exact) mass is 290 g/mol. The van der Waals surface area contributed by atoms with Crippen molar-refractivity contribution in [1.29, 1.82) is 0 Å². The van der Waals surface area contributed by atoms with Gasteiger partial charge in [-0.1, -0.05) is 6.92 Å². The fraction of sp³-hybridized carbons (Fsp3) is 0.615. The summed E-state index contributed by atoms with van der Waals surface area (Å²) < 4.78 is 38.4. The van der Waals surface area contributed by atoms with E-state index in [1.54, 1.807) is 0 Å². The second kappa shape index (κ2) is 7.33. The van der Waals surface area contributed by atoms with Gasteiger partial charge < -0.3 is 15.5 Å². The first kappa shape index (κ1) is 16.6. The molecule has 0 unspecified atom stereocenters. The highest BCUT2D eigenvalue weighted by Gasteiger charge is 2.31. The fourth-order valence-electron chi connectivity index (χ4n) is 1.59. The van der Waals surface area contributed by atoms with Gasteiger partial charge in [0.05, 0.1) is 5.56 Å². The Bertz CT molecular complexity index is 421. The van der Waals surface area contributed by atoms with Crippen LogP contribution in [0.15, 0.2) is 12.1 Å². The molecule has 0 aliphatic carbocycles. The van der Waals surface area contributed by atoms with E-state index in [1.165, 1.54) is 0 Å². The standard InChI is InChI=1S/C13H21F3N4/c1-4-17-11-8-10(13(14,15)16)9-12(19-11)18-6-7-20(3)5-2/h8-9H,4-7H2,1-3H3,(H2,17,18,19). The number of rotatable bonds is 7. The minimum Gasteiger partial charge on any atom is -0.370 e. The zero-order valence-electron chi connectivity index (χ0n) is 12.0. The number of pyridine rings is 1. The number of hydrogen-bond acceptors (Lipinski definition) is 4. The molecular weight excluding hydrogens is 269 g/mol. The van der Waals surface area contributed by atoms with Crippen LogP contribution in [0.3, 0.4) is 0 Å². The Labute approximate surface area is 117 Å². The molecule has 114 valence electrons. The molecule has 0 aliphatic rings. The van der Waals surface area contributed by atoms with Crippen molar-refractivity contribution in [2.75, 3.05) is 43.9 Å². The van der Waals surface area contributed by atoms with Crippen molar-refractivity contribution in [2.24, 2.45) is 0 Å². The van der Waals surface area contributed by atoms with Crippen LogP contribution in [-0.2, 0) is 6.18 Å². The van der Waals surface area contributed by atoms with Crippen LogP contribution in [0.1, 0.15) is 19.4 Å². The number of aromatic nitrogens is 1. The lowest BCUT2D eigenvalue weighted by Gasteiger charge is -2.16. The third kappa shape index (κ3) is 5.24. The Morgan fingerprint density at radius 2 is 1.75 bits per heavy atom. The number of hydrogen-bond donors (Lipinski definition) is 2. The van der Waals surface area contributed by atoms with Crippen molar-refractivity contribution in [3.8, 4) is 0 Å². The summed E-state index contributed by atoms with van der Waals surface area (Å²) >= 11 is 0. The van der Waals surface area contributed by atoms with Crippen molar-refractivity contribution < 1.29 is 13.2 Å². The average Bonchev–Trinajstić information content (AvgIpc) is 2.37. The normalized spacial score (nSPS) is 11.8. The molecule has 4 nitrogen and oxygen atoms in total. The van der Waals surface area contributed by atoms with Crippen molar-refractivity contribution in [3.05, 3.63) is 17.7 Å². The van der Waals surface area contributed by atoms with Gasteiger partial charge in [0.1, 0.15) is 11.6 Å². The van der Waals surface area contributed by atoms with Crippen molar-refractivity contribution in [1.82, 2.24) is 9.88 Å². The first-order valence-corrected chi connectivity index (χ1v) is 6.62. The van der Waals surface area contributed by atoms with Gasteiger partial charge in [-0.3, -0.25) is 0 Å². The van der Waals surface area contributed by atoms with E-state index < -0.39 is 11.7 Å². The van der Waals surface area contributed by atoms with Crippen LogP contribution in [-0.4, -0.2) is 43.1 Å². The summed E-state index contributed by atoms with van der Waals surface area (Å²) in [5, 5.41) is 5.74. The number of nitrogens with one attached hydrogen (secondary N) is 2. The Kier molecular flexibility index (Phi) is 6.06. The van der Waals surface area contributed by atoms with Crippen LogP contribution in [0, 0.1) is 0 Å². The molecule has 0 bridgehead atoms. The van der Waals surface area contributed by atoms with Gasteiger partial charge in [0.15, 0.2) is 0 Å². The SMILES string of the molecule is CCNc1cc(C(F)(F)F)cc(NCCN(C)CC)n1. The minimum atomic E-state index is -4.37. The summed E-state index contributed by atoms with van der Waals surface area (Å²) in [5.74, 6) is 0.467. The number of halogens is 3. The molecule has 0 fully saturated rings. The van der Waals surface area contributed by atoms with E-state index in [4.69, 9.17) is 0 Å². The summed E-state index contributed by atoms with van der Waals surface area (Å²) in [6, 6.07) is 2.06. The molecule has 1 heterocycles. The first-order valence-electron chi connectivity index (χ1n) is 6.62. The van der Waals surface area contributed by atoms with Gasteiger partial charge in [-0.25, -0.2) is 4.98 Å². The van der Waals surface area contributed by atoms with E-state index >= 15 is 0 Å². The highest BCUT2D eigenvalue weighted by molar-refractivity contribution is 5.49. The van der Waals surface area contributed by atoms with Crippen molar-refractivity contribution in [2.45, 2.75) is 20.0 Å². The summed E-state index contributed by atoms with van der Waals surface area (Å²) in [5.41, 5.74) is -0.699. The molecule has 1 rings (SSSR count). The van der Waals surface area contributed by atoms with Crippen LogP contribution < -0.4 is 10.6 Å². The van der Waals surface area contributed by atoms with E-state index in [2.05, 4.69) is 20.5 Å². The molecule has 0 amide bonds. The second-order valence-electron chi connectivity index (χ2n) is 4.48. The molecule has 2 N–H and O–H groups in total. The summed E-state index contributed by atoms with van der Waals surface area (Å²) in [4.78, 5) is 6.18. The van der Waals surface area contributed by atoms with Crippen LogP contribution in [0.25, 0.3) is 0 Å². The molecule has 20 heavy (non-hydrogen) atoms. The fourth-order valence-corrected chi connectivity index (χ4v) is 1.59. The van der Waals surface area contributed by atoms with E-state index in [9.17, 15) is 13.2 Å². The van der Waals surface area contributed by atoms with E-state index in [0.29, 0.717) is 13.1 Å². The first-order chi connectivity index (χ1) is 9.36. The van der Waals surface area contributed by atoms with Crippen LogP contribution in [0.4, 0.5) is 24.8 Å². The van der Waals surface area contributed by atoms with Gasteiger partial charge in [-0.15, -0.1) is 0 Å². The van der Waals surface area contributed by atoms with Crippen LogP contribution >= 0.6 is 0 Å². The molecule has 0 radical (unpaired) electrons. The van der Waals surface area contributed by atoms with Gasteiger partial charge in [-0.2, -0.15) is 13.2 Å². The summed E-state index contributed by atoms with van der Waals surface area (Å²) in [7, 11) is 1.95. The Morgan fingerprint density at radius 1 is 1.15 bits per heavy atom. The molecular formula is C13H21F3N4. The number of likely N-dealkylation sites (N-methyl/N-ethyl adjacent to an activating group) is 1. The predicted octanol–water partition coefficient (Wildman–Crippen LogP) is 2.90.